The number of carbonyl (C=O) groups excluding carboxylic acids is 1. The van der Waals surface area contributed by atoms with E-state index < -0.39 is 32.1 Å². The predicted octanol–water partition coefficient (Wildman–Crippen LogP) is 4.37. The number of piperidine rings is 1. The van der Waals surface area contributed by atoms with Crippen LogP contribution in [0.25, 0.3) is 0 Å². The lowest BCUT2D eigenvalue weighted by Gasteiger charge is -2.43. The van der Waals surface area contributed by atoms with Crippen molar-refractivity contribution in [1.29, 1.82) is 0 Å². The summed E-state index contributed by atoms with van der Waals surface area (Å²) in [7, 11) is -2.26. The van der Waals surface area contributed by atoms with Crippen LogP contribution in [-0.2, 0) is 21.0 Å². The van der Waals surface area contributed by atoms with E-state index in [4.69, 9.17) is 16.3 Å². The van der Waals surface area contributed by atoms with Crippen LogP contribution in [0, 0.1) is 5.41 Å². The number of amides is 1. The molecule has 2 aromatic carbocycles. The Bertz CT molecular complexity index is 1240. The van der Waals surface area contributed by atoms with Gasteiger partial charge >= 0.3 is 6.18 Å². The van der Waals surface area contributed by atoms with E-state index in [1.54, 1.807) is 29.2 Å². The number of nitrogens with zero attached hydrogens (tertiary/aromatic N) is 3. The highest BCUT2D eigenvalue weighted by atomic mass is 35.5. The van der Waals surface area contributed by atoms with Crippen LogP contribution in [0.5, 0.6) is 5.75 Å². The van der Waals surface area contributed by atoms with E-state index in [2.05, 4.69) is 4.90 Å². The largest absolute Gasteiger partial charge is 0.493 e. The Balaban J connectivity index is 1.59. The SMILES string of the molecule is CN1CCN(C(=O)C[C@]2(COc3ccc(Cl)cc3)CCCN(S(=O)(=O)c3cccc(C(F)(F)F)c3)C2)CC1. The van der Waals surface area contributed by atoms with E-state index >= 15 is 0 Å². The third-order valence-electron chi connectivity index (χ3n) is 7.17. The number of benzene rings is 2. The first kappa shape index (κ1) is 28.7. The van der Waals surface area contributed by atoms with Crippen LogP contribution < -0.4 is 4.74 Å². The molecule has 208 valence electrons. The molecule has 0 aromatic heterocycles. The van der Waals surface area contributed by atoms with Crippen molar-refractivity contribution in [2.45, 2.75) is 30.3 Å². The molecular weight excluding hydrogens is 543 g/mol. The first-order valence-electron chi connectivity index (χ1n) is 12.4. The summed E-state index contributed by atoms with van der Waals surface area (Å²) in [6, 6.07) is 10.5. The average molecular weight is 574 g/mol. The Labute approximate surface area is 226 Å². The highest BCUT2D eigenvalue weighted by Crippen LogP contribution is 2.38. The van der Waals surface area contributed by atoms with Gasteiger partial charge in [-0.25, -0.2) is 8.42 Å². The topological polar surface area (TPSA) is 70.2 Å². The summed E-state index contributed by atoms with van der Waals surface area (Å²) in [6.07, 6.45) is -3.62. The van der Waals surface area contributed by atoms with Crippen LogP contribution in [0.15, 0.2) is 53.4 Å². The zero-order valence-corrected chi connectivity index (χ0v) is 22.7. The van der Waals surface area contributed by atoms with Crippen molar-refractivity contribution in [2.24, 2.45) is 5.41 Å². The Morgan fingerprint density at radius 2 is 1.74 bits per heavy atom. The summed E-state index contributed by atoms with van der Waals surface area (Å²) >= 11 is 5.97. The van der Waals surface area contributed by atoms with Gasteiger partial charge in [0.25, 0.3) is 0 Å². The monoisotopic (exact) mass is 573 g/mol. The molecule has 2 aromatic rings. The molecule has 12 heteroatoms. The molecule has 0 spiro atoms. The molecule has 0 aliphatic carbocycles. The number of ether oxygens (including phenoxy) is 1. The zero-order chi connectivity index (χ0) is 27.6. The van der Waals surface area contributed by atoms with Gasteiger partial charge in [0.1, 0.15) is 5.75 Å². The van der Waals surface area contributed by atoms with Gasteiger partial charge in [0.2, 0.25) is 15.9 Å². The van der Waals surface area contributed by atoms with Gasteiger partial charge in [-0.05, 0) is 62.4 Å². The quantitative estimate of drug-likeness (QED) is 0.492. The number of hydrogen-bond donors (Lipinski definition) is 0. The second-order valence-corrected chi connectivity index (χ2v) is 12.4. The average Bonchev–Trinajstić information content (AvgIpc) is 2.88. The molecule has 0 saturated carbocycles. The summed E-state index contributed by atoms with van der Waals surface area (Å²) < 4.78 is 74.0. The molecule has 4 rings (SSSR count). The smallest absolute Gasteiger partial charge is 0.416 e. The van der Waals surface area contributed by atoms with Crippen LogP contribution in [0.1, 0.15) is 24.8 Å². The van der Waals surface area contributed by atoms with E-state index in [1.165, 1.54) is 10.4 Å². The second kappa shape index (κ2) is 11.4. The lowest BCUT2D eigenvalue weighted by atomic mass is 9.78. The van der Waals surface area contributed by atoms with Crippen molar-refractivity contribution in [3.8, 4) is 5.75 Å². The molecule has 38 heavy (non-hydrogen) atoms. The minimum Gasteiger partial charge on any atom is -0.493 e. The number of likely N-dealkylation sites (N-methyl/N-ethyl adjacent to an activating group) is 1. The Morgan fingerprint density at radius 3 is 2.39 bits per heavy atom. The fourth-order valence-corrected chi connectivity index (χ4v) is 6.68. The first-order valence-corrected chi connectivity index (χ1v) is 14.2. The first-order chi connectivity index (χ1) is 17.9. The molecule has 0 N–H and O–H groups in total. The molecule has 2 saturated heterocycles. The maximum absolute atomic E-state index is 13.5. The lowest BCUT2D eigenvalue weighted by molar-refractivity contribution is -0.138. The predicted molar refractivity (Wildman–Crippen MR) is 138 cm³/mol. The number of piperazine rings is 1. The molecule has 2 aliphatic rings. The number of sulfonamides is 1. The van der Waals surface area contributed by atoms with E-state index in [0.717, 1.165) is 25.2 Å². The number of rotatable bonds is 7. The van der Waals surface area contributed by atoms with E-state index in [9.17, 15) is 26.4 Å². The van der Waals surface area contributed by atoms with Crippen LogP contribution in [0.3, 0.4) is 0 Å². The lowest BCUT2D eigenvalue weighted by Crippen LogP contribution is -2.53. The number of carbonyl (C=O) groups is 1. The minimum atomic E-state index is -4.67. The maximum atomic E-state index is 13.5. The van der Waals surface area contributed by atoms with Gasteiger partial charge in [-0.3, -0.25) is 4.79 Å². The van der Waals surface area contributed by atoms with Crippen molar-refractivity contribution in [3.63, 3.8) is 0 Å². The van der Waals surface area contributed by atoms with E-state index in [0.29, 0.717) is 42.8 Å². The fourth-order valence-electron chi connectivity index (χ4n) is 4.92. The summed E-state index contributed by atoms with van der Waals surface area (Å²) in [5.74, 6) is 0.440. The normalized spacial score (nSPS) is 21.9. The van der Waals surface area contributed by atoms with Crippen molar-refractivity contribution in [2.75, 3.05) is 52.9 Å². The highest BCUT2D eigenvalue weighted by molar-refractivity contribution is 7.89. The van der Waals surface area contributed by atoms with Crippen molar-refractivity contribution >= 4 is 27.5 Å². The number of alkyl halides is 3. The molecule has 0 bridgehead atoms. The van der Waals surface area contributed by atoms with Gasteiger partial charge in [0.15, 0.2) is 0 Å². The molecule has 0 unspecified atom stereocenters. The van der Waals surface area contributed by atoms with Gasteiger partial charge in [-0.15, -0.1) is 0 Å². The molecule has 1 amide bonds. The van der Waals surface area contributed by atoms with Crippen LogP contribution in [0.4, 0.5) is 13.2 Å². The maximum Gasteiger partial charge on any atom is 0.416 e. The van der Waals surface area contributed by atoms with Crippen LogP contribution in [0.2, 0.25) is 5.02 Å². The molecule has 2 aliphatic heterocycles. The Morgan fingerprint density at radius 1 is 1.05 bits per heavy atom. The van der Waals surface area contributed by atoms with Gasteiger partial charge in [0.05, 0.1) is 17.1 Å². The van der Waals surface area contributed by atoms with Gasteiger partial charge in [-0.2, -0.15) is 17.5 Å². The zero-order valence-electron chi connectivity index (χ0n) is 21.1. The second-order valence-electron chi connectivity index (χ2n) is 10.1. The number of hydrogen-bond acceptors (Lipinski definition) is 5. The van der Waals surface area contributed by atoms with Gasteiger partial charge in [-0.1, -0.05) is 17.7 Å². The Hall–Kier alpha value is -2.34. The molecular formula is C26H31ClF3N3O4S. The fraction of sp³-hybridized carbons (Fsp3) is 0.500. The molecule has 1 atom stereocenters. The summed E-state index contributed by atoms with van der Waals surface area (Å²) in [5, 5.41) is 0.535. The van der Waals surface area contributed by atoms with E-state index in [1.807, 2.05) is 7.05 Å². The standard InChI is InChI=1S/C26H31ClF3N3O4S/c1-31-12-14-32(15-13-31)24(34)17-25(19-37-22-8-6-21(27)7-9-22)10-3-11-33(18-25)38(35,36)23-5-2-4-20(16-23)26(28,29)30/h2,4-9,16H,3,10-15,17-19H2,1H3/t25-/m1/s1. The molecule has 2 heterocycles. The molecule has 2 fully saturated rings. The van der Waals surface area contributed by atoms with E-state index in [-0.39, 0.29) is 32.0 Å². The third-order valence-corrected chi connectivity index (χ3v) is 9.26. The third kappa shape index (κ3) is 6.80. The van der Waals surface area contributed by atoms with Crippen molar-refractivity contribution in [3.05, 3.63) is 59.1 Å². The van der Waals surface area contributed by atoms with Gasteiger partial charge < -0.3 is 14.5 Å². The Kier molecular flexibility index (Phi) is 8.61. The van der Waals surface area contributed by atoms with Crippen molar-refractivity contribution < 1.29 is 31.1 Å². The van der Waals surface area contributed by atoms with Gasteiger partial charge in [0, 0.05) is 56.1 Å². The van der Waals surface area contributed by atoms with Crippen LogP contribution >= 0.6 is 11.6 Å². The summed E-state index contributed by atoms with van der Waals surface area (Å²) in [6.45, 7) is 2.82. The highest BCUT2D eigenvalue weighted by Gasteiger charge is 2.43. The molecule has 7 nitrogen and oxygen atoms in total. The van der Waals surface area contributed by atoms with Crippen LogP contribution in [-0.4, -0.2) is 81.4 Å². The summed E-state index contributed by atoms with van der Waals surface area (Å²) in [4.78, 5) is 16.8. The van der Waals surface area contributed by atoms with Crippen molar-refractivity contribution in [1.82, 2.24) is 14.1 Å². The summed E-state index contributed by atoms with van der Waals surface area (Å²) in [5.41, 5.74) is -1.88. The molecule has 0 radical (unpaired) electrons. The number of halogens is 4. The minimum absolute atomic E-state index is 0.0430.